The van der Waals surface area contributed by atoms with E-state index in [1.807, 2.05) is 12.1 Å². The molecule has 0 saturated carbocycles. The maximum absolute atomic E-state index is 6.53. The van der Waals surface area contributed by atoms with Gasteiger partial charge in [-0.25, -0.2) is 0 Å². The summed E-state index contributed by atoms with van der Waals surface area (Å²) in [7, 11) is 4.13. The predicted molar refractivity (Wildman–Crippen MR) is 102 cm³/mol. The summed E-state index contributed by atoms with van der Waals surface area (Å²) in [5.74, 6) is 0. The monoisotopic (exact) mass is 383 g/mol. The molecule has 0 fully saturated rings. The fourth-order valence-corrected chi connectivity index (χ4v) is 4.63. The van der Waals surface area contributed by atoms with Gasteiger partial charge in [-0.2, -0.15) is 0 Å². The molecule has 0 radical (unpaired) electrons. The van der Waals surface area contributed by atoms with Gasteiger partial charge in [0.25, 0.3) is 0 Å². The lowest BCUT2D eigenvalue weighted by molar-refractivity contribution is 0.417. The van der Waals surface area contributed by atoms with Crippen molar-refractivity contribution in [3.8, 4) is 0 Å². The summed E-state index contributed by atoms with van der Waals surface area (Å²) in [6, 6.07) is 10.0. The van der Waals surface area contributed by atoms with E-state index in [4.69, 9.17) is 34.8 Å². The third-order valence-corrected chi connectivity index (χ3v) is 6.11. The summed E-state index contributed by atoms with van der Waals surface area (Å²) in [5, 5.41) is 1.71. The van der Waals surface area contributed by atoms with Gasteiger partial charge in [-0.15, -0.1) is 0 Å². The van der Waals surface area contributed by atoms with Crippen molar-refractivity contribution in [3.63, 3.8) is 0 Å². The van der Waals surface area contributed by atoms with Crippen LogP contribution in [0.3, 0.4) is 0 Å². The van der Waals surface area contributed by atoms with E-state index in [2.05, 4.69) is 37.2 Å². The highest BCUT2D eigenvalue weighted by atomic mass is 35.5. The number of hydrogen-bond donors (Lipinski definition) is 0. The zero-order valence-corrected chi connectivity index (χ0v) is 16.0. The molecule has 1 nitrogen and oxygen atoms in total. The quantitative estimate of drug-likeness (QED) is 0.474. The topological polar surface area (TPSA) is 3.24 Å². The largest absolute Gasteiger partial charge is 0.309 e. The average molecular weight is 385 g/mol. The Hall–Kier alpha value is -0.640. The van der Waals surface area contributed by atoms with Crippen LogP contribution in [-0.2, 0) is 0 Å². The number of fused-ring (bicyclic) bond motifs is 2. The lowest BCUT2D eigenvalue weighted by Crippen LogP contribution is -2.12. The van der Waals surface area contributed by atoms with Crippen LogP contribution in [0.1, 0.15) is 17.5 Å². The van der Waals surface area contributed by atoms with Crippen molar-refractivity contribution in [2.75, 3.05) is 20.6 Å². The fourth-order valence-electron chi connectivity index (χ4n) is 2.62. The molecule has 120 valence electrons. The maximum atomic E-state index is 6.53. The first-order valence-electron chi connectivity index (χ1n) is 7.29. The Morgan fingerprint density at radius 2 is 1.83 bits per heavy atom. The van der Waals surface area contributed by atoms with Crippen molar-refractivity contribution in [2.24, 2.45) is 0 Å². The Labute approximate surface area is 156 Å². The molecule has 1 aliphatic rings. The normalized spacial score (nSPS) is 15.0. The SMILES string of the molecule is CN(C)CC/C=C1\c2ccccc2Sc2c(Cl)cc(Cl)c(Cl)c21. The molecule has 0 spiro atoms. The molecule has 5 heteroatoms. The Bertz CT molecular complexity index is 784. The third kappa shape index (κ3) is 3.42. The Morgan fingerprint density at radius 3 is 2.57 bits per heavy atom. The van der Waals surface area contributed by atoms with E-state index >= 15 is 0 Å². The van der Waals surface area contributed by atoms with Crippen molar-refractivity contribution in [1.29, 1.82) is 0 Å². The van der Waals surface area contributed by atoms with E-state index in [0.717, 1.165) is 29.0 Å². The maximum Gasteiger partial charge on any atom is 0.0683 e. The molecule has 3 rings (SSSR count). The van der Waals surface area contributed by atoms with Crippen LogP contribution in [0.15, 0.2) is 46.2 Å². The van der Waals surface area contributed by atoms with E-state index in [1.165, 1.54) is 10.5 Å². The molecular weight excluding hydrogens is 369 g/mol. The van der Waals surface area contributed by atoms with Crippen molar-refractivity contribution in [1.82, 2.24) is 4.90 Å². The van der Waals surface area contributed by atoms with Crippen LogP contribution in [-0.4, -0.2) is 25.5 Å². The molecule has 0 saturated heterocycles. The first kappa shape index (κ1) is 17.2. The highest BCUT2D eigenvalue weighted by Crippen LogP contribution is 2.52. The first-order valence-corrected chi connectivity index (χ1v) is 9.24. The molecule has 0 aromatic heterocycles. The molecule has 1 heterocycles. The zero-order valence-electron chi connectivity index (χ0n) is 12.9. The van der Waals surface area contributed by atoms with Gasteiger partial charge < -0.3 is 4.90 Å². The second-order valence-corrected chi connectivity index (χ2v) is 7.91. The minimum Gasteiger partial charge on any atom is -0.309 e. The van der Waals surface area contributed by atoms with Gasteiger partial charge in [0.15, 0.2) is 0 Å². The molecule has 0 amide bonds. The number of halogens is 3. The summed E-state index contributed by atoms with van der Waals surface area (Å²) < 4.78 is 0. The molecule has 0 bridgehead atoms. The summed E-state index contributed by atoms with van der Waals surface area (Å²) in [4.78, 5) is 4.33. The minimum absolute atomic E-state index is 0.494. The second kappa shape index (κ2) is 7.08. The van der Waals surface area contributed by atoms with E-state index in [9.17, 15) is 0 Å². The van der Waals surface area contributed by atoms with Crippen LogP contribution >= 0.6 is 46.6 Å². The molecule has 0 aliphatic carbocycles. The van der Waals surface area contributed by atoms with Gasteiger partial charge in [0.2, 0.25) is 0 Å². The van der Waals surface area contributed by atoms with Gasteiger partial charge in [-0.3, -0.25) is 0 Å². The lowest BCUT2D eigenvalue weighted by atomic mass is 9.96. The number of rotatable bonds is 3. The van der Waals surface area contributed by atoms with E-state index in [0.29, 0.717) is 15.1 Å². The van der Waals surface area contributed by atoms with Crippen LogP contribution in [0, 0.1) is 0 Å². The zero-order chi connectivity index (χ0) is 16.6. The smallest absolute Gasteiger partial charge is 0.0683 e. The Kier molecular flexibility index (Phi) is 5.29. The number of benzene rings is 2. The van der Waals surface area contributed by atoms with Gasteiger partial charge >= 0.3 is 0 Å². The van der Waals surface area contributed by atoms with Gasteiger partial charge in [-0.05, 0) is 43.8 Å². The molecule has 0 N–H and O–H groups in total. The molecular formula is C18H16Cl3NS. The molecule has 23 heavy (non-hydrogen) atoms. The number of nitrogens with zero attached hydrogens (tertiary/aromatic N) is 1. The van der Waals surface area contributed by atoms with Crippen molar-refractivity contribution < 1.29 is 0 Å². The fraction of sp³-hybridized carbons (Fsp3) is 0.222. The average Bonchev–Trinajstić information content (AvgIpc) is 2.52. The van der Waals surface area contributed by atoms with Crippen LogP contribution < -0.4 is 0 Å². The summed E-state index contributed by atoms with van der Waals surface area (Å²) in [6.07, 6.45) is 3.16. The summed E-state index contributed by atoms with van der Waals surface area (Å²) in [5.41, 5.74) is 3.25. The van der Waals surface area contributed by atoms with Gasteiger partial charge in [-0.1, -0.05) is 70.8 Å². The van der Waals surface area contributed by atoms with Crippen molar-refractivity contribution in [3.05, 3.63) is 62.6 Å². The van der Waals surface area contributed by atoms with Gasteiger partial charge in [0.05, 0.1) is 15.1 Å². The van der Waals surface area contributed by atoms with Crippen LogP contribution in [0.4, 0.5) is 0 Å². The lowest BCUT2D eigenvalue weighted by Gasteiger charge is -2.25. The standard InChI is InChI=1S/C18H16Cl3NS/c1-22(2)9-5-7-12-11-6-3-4-8-15(11)23-18-14(20)10-13(19)17(21)16(12)18/h3-4,6-8,10H,5,9H2,1-2H3/b12-7+. The van der Waals surface area contributed by atoms with Crippen LogP contribution in [0.2, 0.25) is 15.1 Å². The van der Waals surface area contributed by atoms with Crippen LogP contribution in [0.25, 0.3) is 5.57 Å². The first-order chi connectivity index (χ1) is 11.0. The Morgan fingerprint density at radius 1 is 1.09 bits per heavy atom. The third-order valence-electron chi connectivity index (χ3n) is 3.71. The second-order valence-electron chi connectivity index (χ2n) is 5.67. The van der Waals surface area contributed by atoms with Crippen molar-refractivity contribution >= 4 is 52.1 Å². The molecule has 0 atom stereocenters. The molecule has 0 unspecified atom stereocenters. The van der Waals surface area contributed by atoms with Crippen molar-refractivity contribution in [2.45, 2.75) is 16.2 Å². The van der Waals surface area contributed by atoms with E-state index < -0.39 is 0 Å². The Balaban J connectivity index is 2.18. The highest BCUT2D eigenvalue weighted by Gasteiger charge is 2.26. The minimum atomic E-state index is 0.494. The van der Waals surface area contributed by atoms with Gasteiger partial charge in [0.1, 0.15) is 0 Å². The molecule has 1 aliphatic heterocycles. The van der Waals surface area contributed by atoms with E-state index in [-0.39, 0.29) is 0 Å². The summed E-state index contributed by atoms with van der Waals surface area (Å²) >= 11 is 20.9. The number of hydrogen-bond acceptors (Lipinski definition) is 2. The highest BCUT2D eigenvalue weighted by molar-refractivity contribution is 7.99. The predicted octanol–water partition coefficient (Wildman–Crippen LogP) is 6.49. The summed E-state index contributed by atoms with van der Waals surface area (Å²) in [6.45, 7) is 0.972. The molecule has 2 aromatic carbocycles. The van der Waals surface area contributed by atoms with Crippen LogP contribution in [0.5, 0.6) is 0 Å². The van der Waals surface area contributed by atoms with Gasteiger partial charge in [0, 0.05) is 21.9 Å². The molecule has 2 aromatic rings. The van der Waals surface area contributed by atoms with E-state index in [1.54, 1.807) is 17.8 Å².